The Kier molecular flexibility index (Phi) is 8.74. The summed E-state index contributed by atoms with van der Waals surface area (Å²) >= 11 is 0. The van der Waals surface area contributed by atoms with Crippen molar-refractivity contribution in [3.8, 4) is 5.75 Å². The minimum atomic E-state index is -0.580. The standard InChI is InChI=1S/C26H27FN2O6/c1-17-24(26(32)34-3)22(25(31)29(17)13-4-14-33-2)15-18-5-11-21(12-6-18)35-16-23(30)28-20-9-7-19(27)8-10-20/h5-12,15H,4,13-14,16H2,1-3H3,(H,28,30)/b22-15-. The number of carbonyl (C=O) groups is 3. The first-order valence-corrected chi connectivity index (χ1v) is 10.9. The number of amides is 2. The smallest absolute Gasteiger partial charge is 0.340 e. The fourth-order valence-corrected chi connectivity index (χ4v) is 3.57. The van der Waals surface area contributed by atoms with Gasteiger partial charge in [0, 0.05) is 31.6 Å². The molecule has 0 saturated carbocycles. The molecule has 0 saturated heterocycles. The van der Waals surface area contributed by atoms with Crippen LogP contribution in [-0.4, -0.2) is 56.7 Å². The summed E-state index contributed by atoms with van der Waals surface area (Å²) in [7, 11) is 2.86. The summed E-state index contributed by atoms with van der Waals surface area (Å²) in [4.78, 5) is 39.0. The van der Waals surface area contributed by atoms with Gasteiger partial charge < -0.3 is 24.4 Å². The number of hydrogen-bond acceptors (Lipinski definition) is 6. The first-order valence-electron chi connectivity index (χ1n) is 10.9. The number of benzene rings is 2. The third-order valence-electron chi connectivity index (χ3n) is 5.32. The molecule has 0 fully saturated rings. The van der Waals surface area contributed by atoms with Crippen molar-refractivity contribution in [2.45, 2.75) is 13.3 Å². The van der Waals surface area contributed by atoms with Gasteiger partial charge in [-0.2, -0.15) is 0 Å². The van der Waals surface area contributed by atoms with Crippen molar-refractivity contribution in [3.63, 3.8) is 0 Å². The maximum absolute atomic E-state index is 13.0. The Morgan fingerprint density at radius 2 is 1.74 bits per heavy atom. The molecular formula is C26H27FN2O6. The first kappa shape index (κ1) is 25.6. The van der Waals surface area contributed by atoms with Gasteiger partial charge >= 0.3 is 5.97 Å². The molecule has 1 N–H and O–H groups in total. The molecule has 0 unspecified atom stereocenters. The summed E-state index contributed by atoms with van der Waals surface area (Å²) in [5.41, 5.74) is 2.15. The molecule has 8 nitrogen and oxygen atoms in total. The second-order valence-electron chi connectivity index (χ2n) is 7.73. The van der Waals surface area contributed by atoms with Crippen molar-refractivity contribution in [3.05, 3.63) is 76.8 Å². The Morgan fingerprint density at radius 3 is 2.37 bits per heavy atom. The van der Waals surface area contributed by atoms with Crippen LogP contribution in [0.2, 0.25) is 0 Å². The lowest BCUT2D eigenvalue weighted by Crippen LogP contribution is -2.26. The van der Waals surface area contributed by atoms with E-state index in [1.54, 1.807) is 49.3 Å². The Labute approximate surface area is 203 Å². The number of nitrogens with zero attached hydrogens (tertiary/aromatic N) is 1. The van der Waals surface area contributed by atoms with E-state index in [-0.39, 0.29) is 23.7 Å². The maximum Gasteiger partial charge on any atom is 0.340 e. The lowest BCUT2D eigenvalue weighted by atomic mass is 10.0. The predicted molar refractivity (Wildman–Crippen MR) is 128 cm³/mol. The van der Waals surface area contributed by atoms with Gasteiger partial charge in [-0.05, 0) is 61.4 Å². The molecule has 0 atom stereocenters. The van der Waals surface area contributed by atoms with E-state index in [4.69, 9.17) is 14.2 Å². The molecular weight excluding hydrogens is 455 g/mol. The van der Waals surface area contributed by atoms with Crippen LogP contribution in [0.4, 0.5) is 10.1 Å². The molecule has 3 rings (SSSR count). The summed E-state index contributed by atoms with van der Waals surface area (Å²) in [6.45, 7) is 2.39. The van der Waals surface area contributed by atoms with E-state index in [2.05, 4.69) is 5.32 Å². The fourth-order valence-electron chi connectivity index (χ4n) is 3.57. The number of anilines is 1. The molecule has 2 aromatic rings. The molecule has 0 spiro atoms. The van der Waals surface area contributed by atoms with Crippen LogP contribution in [0.15, 0.2) is 65.4 Å². The number of ether oxygens (including phenoxy) is 3. The molecule has 1 aliphatic rings. The van der Waals surface area contributed by atoms with E-state index >= 15 is 0 Å². The van der Waals surface area contributed by atoms with E-state index in [0.717, 1.165) is 0 Å². The fraction of sp³-hybridized carbons (Fsp3) is 0.269. The van der Waals surface area contributed by atoms with Gasteiger partial charge in [-0.3, -0.25) is 9.59 Å². The van der Waals surface area contributed by atoms with Crippen LogP contribution in [0.25, 0.3) is 6.08 Å². The van der Waals surface area contributed by atoms with Crippen molar-refractivity contribution in [2.24, 2.45) is 0 Å². The van der Waals surface area contributed by atoms with E-state index < -0.39 is 17.7 Å². The molecule has 35 heavy (non-hydrogen) atoms. The number of allylic oxidation sites excluding steroid dienone is 1. The summed E-state index contributed by atoms with van der Waals surface area (Å²) in [5.74, 6) is -1.20. The lowest BCUT2D eigenvalue weighted by Gasteiger charge is -2.17. The minimum absolute atomic E-state index is 0.229. The zero-order valence-corrected chi connectivity index (χ0v) is 19.8. The number of nitrogens with one attached hydrogen (secondary N) is 1. The van der Waals surface area contributed by atoms with Crippen molar-refractivity contribution in [2.75, 3.05) is 39.3 Å². The summed E-state index contributed by atoms with van der Waals surface area (Å²) in [6, 6.07) is 12.1. The minimum Gasteiger partial charge on any atom is -0.484 e. The van der Waals surface area contributed by atoms with Crippen LogP contribution < -0.4 is 10.1 Å². The third-order valence-corrected chi connectivity index (χ3v) is 5.32. The Balaban J connectivity index is 1.68. The van der Waals surface area contributed by atoms with Gasteiger partial charge in [0.15, 0.2) is 6.61 Å². The van der Waals surface area contributed by atoms with Gasteiger partial charge in [0.25, 0.3) is 11.8 Å². The molecule has 2 amide bonds. The average molecular weight is 483 g/mol. The third kappa shape index (κ3) is 6.54. The maximum atomic E-state index is 13.0. The average Bonchev–Trinajstić information content (AvgIpc) is 3.08. The van der Waals surface area contributed by atoms with Gasteiger partial charge in [0.05, 0.1) is 18.3 Å². The number of halogens is 1. The summed E-state index contributed by atoms with van der Waals surface area (Å²) < 4.78 is 28.4. The van der Waals surface area contributed by atoms with Crippen LogP contribution in [-0.2, 0) is 23.9 Å². The molecule has 0 bridgehead atoms. The Bertz CT molecular complexity index is 1140. The monoisotopic (exact) mass is 482 g/mol. The van der Waals surface area contributed by atoms with Crippen molar-refractivity contribution >= 4 is 29.5 Å². The van der Waals surface area contributed by atoms with Gasteiger partial charge in [-0.1, -0.05) is 12.1 Å². The van der Waals surface area contributed by atoms with Gasteiger partial charge in [-0.25, -0.2) is 9.18 Å². The highest BCUT2D eigenvalue weighted by molar-refractivity contribution is 6.16. The number of esters is 1. The predicted octanol–water partition coefficient (Wildman–Crippen LogP) is 3.55. The highest BCUT2D eigenvalue weighted by Gasteiger charge is 2.36. The highest BCUT2D eigenvalue weighted by atomic mass is 19.1. The van der Waals surface area contributed by atoms with Gasteiger partial charge in [0.1, 0.15) is 11.6 Å². The van der Waals surface area contributed by atoms with Gasteiger partial charge in [0.2, 0.25) is 0 Å². The summed E-state index contributed by atoms with van der Waals surface area (Å²) in [6.07, 6.45) is 2.25. The number of hydrogen-bond donors (Lipinski definition) is 1. The SMILES string of the molecule is COCCCN1C(=O)/C(=C\c2ccc(OCC(=O)Nc3ccc(F)cc3)cc2)C(C(=O)OC)=C1C. The van der Waals surface area contributed by atoms with E-state index in [1.165, 1.54) is 31.4 Å². The van der Waals surface area contributed by atoms with Crippen LogP contribution >= 0.6 is 0 Å². The number of methoxy groups -OCH3 is 2. The lowest BCUT2D eigenvalue weighted by molar-refractivity contribution is -0.136. The highest BCUT2D eigenvalue weighted by Crippen LogP contribution is 2.32. The molecule has 0 aliphatic carbocycles. The largest absolute Gasteiger partial charge is 0.484 e. The molecule has 9 heteroatoms. The number of rotatable bonds is 10. The van der Waals surface area contributed by atoms with E-state index in [0.29, 0.717) is 42.3 Å². The zero-order valence-electron chi connectivity index (χ0n) is 19.8. The molecule has 1 heterocycles. The zero-order chi connectivity index (χ0) is 25.4. The second kappa shape index (κ2) is 11.9. The van der Waals surface area contributed by atoms with Gasteiger partial charge in [-0.15, -0.1) is 0 Å². The quantitative estimate of drug-likeness (QED) is 0.316. The molecule has 0 aromatic heterocycles. The second-order valence-corrected chi connectivity index (χ2v) is 7.73. The van der Waals surface area contributed by atoms with Crippen LogP contribution in [0.3, 0.4) is 0 Å². The van der Waals surface area contributed by atoms with Crippen LogP contribution in [0, 0.1) is 5.82 Å². The van der Waals surface area contributed by atoms with Crippen molar-refractivity contribution in [1.29, 1.82) is 0 Å². The summed E-state index contributed by atoms with van der Waals surface area (Å²) in [5, 5.41) is 2.61. The van der Waals surface area contributed by atoms with E-state index in [9.17, 15) is 18.8 Å². The van der Waals surface area contributed by atoms with Crippen molar-refractivity contribution < 1.29 is 33.0 Å². The molecule has 184 valence electrons. The molecule has 0 radical (unpaired) electrons. The van der Waals surface area contributed by atoms with Crippen LogP contribution in [0.1, 0.15) is 18.9 Å². The Hall–Kier alpha value is -3.98. The number of carbonyl (C=O) groups excluding carboxylic acids is 3. The molecule has 2 aromatic carbocycles. The van der Waals surface area contributed by atoms with Crippen LogP contribution in [0.5, 0.6) is 5.75 Å². The van der Waals surface area contributed by atoms with Crippen molar-refractivity contribution in [1.82, 2.24) is 4.90 Å². The Morgan fingerprint density at radius 1 is 1.06 bits per heavy atom. The van der Waals surface area contributed by atoms with E-state index in [1.807, 2.05) is 0 Å². The first-order chi connectivity index (χ1) is 16.8. The normalized spacial score (nSPS) is 14.5. The topological polar surface area (TPSA) is 94.2 Å². The molecule has 1 aliphatic heterocycles.